The second kappa shape index (κ2) is 8.69. The average Bonchev–Trinajstić information content (AvgIpc) is 2.62. The summed E-state index contributed by atoms with van der Waals surface area (Å²) in [5, 5.41) is 17.4. The van der Waals surface area contributed by atoms with Crippen LogP contribution in [0.15, 0.2) is 54.6 Å². The van der Waals surface area contributed by atoms with Gasteiger partial charge >= 0.3 is 6.03 Å². The number of urea groups is 1. The second-order valence-corrected chi connectivity index (χ2v) is 5.32. The van der Waals surface area contributed by atoms with E-state index in [4.69, 9.17) is 0 Å². The van der Waals surface area contributed by atoms with Crippen LogP contribution in [0, 0.1) is 0 Å². The monoisotopic (exact) mass is 327 g/mol. The fraction of sp³-hybridized carbons (Fsp3) is 0.222. The quantitative estimate of drug-likeness (QED) is 0.652. The largest absolute Gasteiger partial charge is 0.394 e. The first kappa shape index (κ1) is 17.5. The number of hydrogen-bond acceptors (Lipinski definition) is 3. The zero-order valence-electron chi connectivity index (χ0n) is 13.5. The summed E-state index contributed by atoms with van der Waals surface area (Å²) in [5.41, 5.74) is 2.11. The second-order valence-electron chi connectivity index (χ2n) is 5.32. The van der Waals surface area contributed by atoms with Crippen molar-refractivity contribution in [3.8, 4) is 0 Å². The average molecular weight is 327 g/mol. The van der Waals surface area contributed by atoms with Gasteiger partial charge in [-0.3, -0.25) is 4.79 Å². The topological polar surface area (TPSA) is 90.5 Å². The van der Waals surface area contributed by atoms with Crippen LogP contribution >= 0.6 is 0 Å². The third-order valence-electron chi connectivity index (χ3n) is 3.51. The van der Waals surface area contributed by atoms with E-state index in [2.05, 4.69) is 16.0 Å². The molecule has 0 aliphatic heterocycles. The minimum Gasteiger partial charge on any atom is -0.394 e. The molecule has 1 atom stereocenters. The van der Waals surface area contributed by atoms with E-state index < -0.39 is 6.03 Å². The van der Waals surface area contributed by atoms with Gasteiger partial charge in [0, 0.05) is 18.3 Å². The van der Waals surface area contributed by atoms with E-state index in [-0.39, 0.29) is 18.6 Å². The highest BCUT2D eigenvalue weighted by Crippen LogP contribution is 2.10. The van der Waals surface area contributed by atoms with E-state index >= 15 is 0 Å². The Morgan fingerprint density at radius 2 is 1.71 bits per heavy atom. The molecule has 2 rings (SSSR count). The molecular formula is C18H21N3O3. The maximum absolute atomic E-state index is 12.0. The van der Waals surface area contributed by atoms with Crippen molar-refractivity contribution in [3.63, 3.8) is 0 Å². The normalized spacial score (nSPS) is 11.4. The highest BCUT2D eigenvalue weighted by Gasteiger charge is 2.12. The van der Waals surface area contributed by atoms with Crippen LogP contribution in [0.4, 0.5) is 10.5 Å². The number of amides is 3. The van der Waals surface area contributed by atoms with Crippen molar-refractivity contribution in [2.24, 2.45) is 0 Å². The number of hydrogen-bond donors (Lipinski definition) is 4. The molecule has 2 aromatic rings. The Kier molecular flexibility index (Phi) is 6.33. The number of carbonyl (C=O) groups is 2. The lowest BCUT2D eigenvalue weighted by Gasteiger charge is -2.17. The van der Waals surface area contributed by atoms with Crippen molar-refractivity contribution in [1.29, 1.82) is 0 Å². The van der Waals surface area contributed by atoms with Crippen LogP contribution in [-0.2, 0) is 6.42 Å². The molecule has 1 unspecified atom stereocenters. The van der Waals surface area contributed by atoms with Gasteiger partial charge in [-0.15, -0.1) is 0 Å². The first-order chi connectivity index (χ1) is 11.6. The zero-order valence-corrected chi connectivity index (χ0v) is 13.5. The van der Waals surface area contributed by atoms with Crippen LogP contribution < -0.4 is 16.0 Å². The molecule has 3 amide bonds. The van der Waals surface area contributed by atoms with E-state index in [0.29, 0.717) is 17.7 Å². The molecule has 0 saturated carbocycles. The summed E-state index contributed by atoms with van der Waals surface area (Å²) in [4.78, 5) is 23.5. The van der Waals surface area contributed by atoms with Gasteiger partial charge in [0.2, 0.25) is 0 Å². The number of rotatable bonds is 6. The third-order valence-corrected chi connectivity index (χ3v) is 3.51. The van der Waals surface area contributed by atoms with Crippen LogP contribution in [-0.4, -0.2) is 36.7 Å². The van der Waals surface area contributed by atoms with E-state index in [1.807, 2.05) is 30.3 Å². The lowest BCUT2D eigenvalue weighted by molar-refractivity contribution is 0.0963. The highest BCUT2D eigenvalue weighted by atomic mass is 16.3. The first-order valence-corrected chi connectivity index (χ1v) is 7.67. The molecule has 2 aromatic carbocycles. The van der Waals surface area contributed by atoms with E-state index in [0.717, 1.165) is 5.56 Å². The number of nitrogens with one attached hydrogen (secondary N) is 3. The van der Waals surface area contributed by atoms with Crippen molar-refractivity contribution >= 4 is 17.6 Å². The minimum absolute atomic E-state index is 0.155. The molecule has 0 aliphatic carbocycles. The molecule has 6 nitrogen and oxygen atoms in total. The standard InChI is InChI=1S/C18H21N3O3/c1-19-17(23)14-7-9-15(10-8-14)20-18(24)21-16(12-22)11-13-5-3-2-4-6-13/h2-10,16,22H,11-12H2,1H3,(H,19,23)(H2,20,21,24). The lowest BCUT2D eigenvalue weighted by atomic mass is 10.1. The number of aliphatic hydroxyl groups excluding tert-OH is 1. The van der Waals surface area contributed by atoms with Crippen molar-refractivity contribution in [3.05, 3.63) is 65.7 Å². The lowest BCUT2D eigenvalue weighted by Crippen LogP contribution is -2.41. The molecule has 0 saturated heterocycles. The fourth-order valence-electron chi connectivity index (χ4n) is 2.26. The van der Waals surface area contributed by atoms with E-state index in [1.165, 1.54) is 0 Å². The number of benzene rings is 2. The summed E-state index contributed by atoms with van der Waals surface area (Å²) < 4.78 is 0. The number of carbonyl (C=O) groups excluding carboxylic acids is 2. The number of aliphatic hydroxyl groups is 1. The summed E-state index contributed by atoms with van der Waals surface area (Å²) >= 11 is 0. The fourth-order valence-corrected chi connectivity index (χ4v) is 2.26. The summed E-state index contributed by atoms with van der Waals surface area (Å²) in [7, 11) is 1.56. The van der Waals surface area contributed by atoms with Gasteiger partial charge < -0.3 is 21.1 Å². The molecule has 0 aromatic heterocycles. The Morgan fingerprint density at radius 1 is 1.04 bits per heavy atom. The predicted molar refractivity (Wildman–Crippen MR) is 93.0 cm³/mol. The van der Waals surface area contributed by atoms with Gasteiger partial charge in [-0.25, -0.2) is 4.79 Å². The van der Waals surface area contributed by atoms with Gasteiger partial charge in [-0.1, -0.05) is 30.3 Å². The van der Waals surface area contributed by atoms with Crippen LogP contribution in [0.25, 0.3) is 0 Å². The smallest absolute Gasteiger partial charge is 0.319 e. The first-order valence-electron chi connectivity index (χ1n) is 7.67. The maximum Gasteiger partial charge on any atom is 0.319 e. The zero-order chi connectivity index (χ0) is 17.4. The van der Waals surface area contributed by atoms with Gasteiger partial charge in [-0.05, 0) is 36.2 Å². The van der Waals surface area contributed by atoms with Gasteiger partial charge in [0.25, 0.3) is 5.91 Å². The van der Waals surface area contributed by atoms with Gasteiger partial charge in [0.05, 0.1) is 12.6 Å². The molecule has 0 aliphatic rings. The van der Waals surface area contributed by atoms with Crippen molar-refractivity contribution < 1.29 is 14.7 Å². The van der Waals surface area contributed by atoms with Crippen LogP contribution in [0.3, 0.4) is 0 Å². The van der Waals surface area contributed by atoms with Gasteiger partial charge in [-0.2, -0.15) is 0 Å². The molecule has 0 spiro atoms. The molecule has 0 bridgehead atoms. The molecule has 24 heavy (non-hydrogen) atoms. The highest BCUT2D eigenvalue weighted by molar-refractivity contribution is 5.95. The molecule has 4 N–H and O–H groups in total. The molecular weight excluding hydrogens is 306 g/mol. The Morgan fingerprint density at radius 3 is 2.29 bits per heavy atom. The van der Waals surface area contributed by atoms with E-state index in [9.17, 15) is 14.7 Å². The summed E-state index contributed by atoms with van der Waals surface area (Å²) in [6.45, 7) is -0.155. The van der Waals surface area contributed by atoms with Crippen molar-refractivity contribution in [2.75, 3.05) is 19.0 Å². The Balaban J connectivity index is 1.90. The third kappa shape index (κ3) is 5.10. The molecule has 0 radical (unpaired) electrons. The Hall–Kier alpha value is -2.86. The van der Waals surface area contributed by atoms with Crippen molar-refractivity contribution in [1.82, 2.24) is 10.6 Å². The van der Waals surface area contributed by atoms with Gasteiger partial charge in [0.15, 0.2) is 0 Å². The molecule has 6 heteroatoms. The summed E-state index contributed by atoms with van der Waals surface area (Å²) in [6, 6.07) is 15.4. The summed E-state index contributed by atoms with van der Waals surface area (Å²) in [5.74, 6) is -0.186. The SMILES string of the molecule is CNC(=O)c1ccc(NC(=O)NC(CO)Cc2ccccc2)cc1. The maximum atomic E-state index is 12.0. The summed E-state index contributed by atoms with van der Waals surface area (Å²) in [6.07, 6.45) is 0.542. The Bertz CT molecular complexity index is 672. The van der Waals surface area contributed by atoms with E-state index in [1.54, 1.807) is 31.3 Å². The van der Waals surface area contributed by atoms with Crippen molar-refractivity contribution in [2.45, 2.75) is 12.5 Å². The predicted octanol–water partition coefficient (Wildman–Crippen LogP) is 1.77. The van der Waals surface area contributed by atoms with Crippen LogP contribution in [0.5, 0.6) is 0 Å². The molecule has 126 valence electrons. The molecule has 0 heterocycles. The molecule has 0 fully saturated rings. The minimum atomic E-state index is -0.405. The van der Waals surface area contributed by atoms with Gasteiger partial charge in [0.1, 0.15) is 0 Å². The number of anilines is 1. The Labute approximate surface area is 140 Å². The van der Waals surface area contributed by atoms with Crippen LogP contribution in [0.1, 0.15) is 15.9 Å². The van der Waals surface area contributed by atoms with Crippen LogP contribution in [0.2, 0.25) is 0 Å².